The van der Waals surface area contributed by atoms with Crippen LogP contribution < -0.4 is 9.47 Å². The second-order valence-corrected chi connectivity index (χ2v) is 3.86. The van der Waals surface area contributed by atoms with E-state index in [4.69, 9.17) is 14.2 Å². The Morgan fingerprint density at radius 3 is 2.67 bits per heavy atom. The zero-order valence-corrected chi connectivity index (χ0v) is 10.7. The van der Waals surface area contributed by atoms with E-state index in [1.165, 1.54) is 19.2 Å². The van der Waals surface area contributed by atoms with Crippen LogP contribution in [0.25, 0.3) is 0 Å². The van der Waals surface area contributed by atoms with Crippen LogP contribution in [0.1, 0.15) is 6.92 Å². The summed E-state index contributed by atoms with van der Waals surface area (Å²) in [5, 5.41) is 0. The van der Waals surface area contributed by atoms with Crippen molar-refractivity contribution in [1.82, 2.24) is 0 Å². The molecule has 0 bridgehead atoms. The summed E-state index contributed by atoms with van der Waals surface area (Å²) in [6.07, 6.45) is 0. The van der Waals surface area contributed by atoms with Gasteiger partial charge in [0.1, 0.15) is 5.82 Å². The van der Waals surface area contributed by atoms with Gasteiger partial charge in [0.2, 0.25) is 0 Å². The van der Waals surface area contributed by atoms with Gasteiger partial charge in [-0.1, -0.05) is 0 Å². The number of hydrogen-bond acceptors (Lipinski definition) is 3. The van der Waals surface area contributed by atoms with Gasteiger partial charge >= 0.3 is 0 Å². The van der Waals surface area contributed by atoms with E-state index in [1.54, 1.807) is 0 Å². The molecule has 0 spiro atoms. The molecule has 84 valence electrons. The molecule has 0 saturated heterocycles. The van der Waals surface area contributed by atoms with Gasteiger partial charge in [-0.25, -0.2) is 4.39 Å². The Bertz CT molecular complexity index is 331. The zero-order chi connectivity index (χ0) is 11.3. The third kappa shape index (κ3) is 3.49. The minimum Gasteiger partial charge on any atom is -0.489 e. The largest absolute Gasteiger partial charge is 0.489 e. The third-order valence-corrected chi connectivity index (χ3v) is 2.40. The molecule has 1 aromatic rings. The lowest BCUT2D eigenvalue weighted by molar-refractivity contribution is 0.0484. The topological polar surface area (TPSA) is 27.7 Å². The smallest absolute Gasteiger partial charge is 0.188 e. The Hall–Kier alpha value is -0.560. The van der Waals surface area contributed by atoms with Gasteiger partial charge in [-0.05, 0) is 35.6 Å². The van der Waals surface area contributed by atoms with Crippen LogP contribution in [0.4, 0.5) is 4.39 Å². The molecule has 1 aromatic carbocycles. The maximum absolute atomic E-state index is 13.1. The number of benzene rings is 1. The molecular formula is C10H12FIO3. The van der Waals surface area contributed by atoms with E-state index >= 15 is 0 Å². The summed E-state index contributed by atoms with van der Waals surface area (Å²) < 4.78 is 29.1. The lowest BCUT2D eigenvalue weighted by Crippen LogP contribution is -2.03. The highest BCUT2D eigenvalue weighted by Gasteiger charge is 2.11. The van der Waals surface area contributed by atoms with Crippen LogP contribution in [-0.2, 0) is 4.74 Å². The zero-order valence-electron chi connectivity index (χ0n) is 8.55. The molecule has 0 atom stereocenters. The van der Waals surface area contributed by atoms with Crippen LogP contribution in [0.15, 0.2) is 12.1 Å². The molecule has 0 aliphatic carbocycles. The predicted octanol–water partition coefficient (Wildman–Crippen LogP) is 2.81. The summed E-state index contributed by atoms with van der Waals surface area (Å²) in [7, 11) is 1.50. The monoisotopic (exact) mass is 326 g/mol. The molecule has 0 heterocycles. The molecule has 0 aromatic heterocycles. The maximum atomic E-state index is 13.1. The molecule has 0 fully saturated rings. The molecule has 0 N–H and O–H groups in total. The van der Waals surface area contributed by atoms with E-state index in [1.807, 2.05) is 29.5 Å². The van der Waals surface area contributed by atoms with Crippen LogP contribution in [0, 0.1) is 9.39 Å². The summed E-state index contributed by atoms with van der Waals surface area (Å²) in [5.41, 5.74) is 0. The summed E-state index contributed by atoms with van der Waals surface area (Å²) in [6.45, 7) is 2.43. The van der Waals surface area contributed by atoms with Crippen molar-refractivity contribution in [1.29, 1.82) is 0 Å². The summed E-state index contributed by atoms with van der Waals surface area (Å²) in [6, 6.07) is 2.68. The van der Waals surface area contributed by atoms with E-state index in [0.717, 1.165) is 0 Å². The van der Waals surface area contributed by atoms with E-state index in [2.05, 4.69) is 0 Å². The molecule has 1 rings (SSSR count). The minimum absolute atomic E-state index is 0.0691. The Morgan fingerprint density at radius 1 is 1.33 bits per heavy atom. The molecule has 5 heteroatoms. The normalized spacial score (nSPS) is 10.1. The van der Waals surface area contributed by atoms with Crippen LogP contribution in [0.3, 0.4) is 0 Å². The van der Waals surface area contributed by atoms with Gasteiger partial charge in [-0.15, -0.1) is 0 Å². The molecule has 0 aliphatic rings. The first-order valence-electron chi connectivity index (χ1n) is 4.42. The first-order chi connectivity index (χ1) is 7.19. The van der Waals surface area contributed by atoms with E-state index in [-0.39, 0.29) is 12.6 Å². The third-order valence-electron chi connectivity index (χ3n) is 1.60. The molecule has 0 amide bonds. The number of rotatable bonds is 5. The number of hydrogen-bond donors (Lipinski definition) is 0. The highest BCUT2D eigenvalue weighted by atomic mass is 127. The first-order valence-corrected chi connectivity index (χ1v) is 5.50. The van der Waals surface area contributed by atoms with Crippen LogP contribution in [-0.4, -0.2) is 20.5 Å². The van der Waals surface area contributed by atoms with Gasteiger partial charge in [0, 0.05) is 13.2 Å². The van der Waals surface area contributed by atoms with Crippen molar-refractivity contribution in [2.45, 2.75) is 6.92 Å². The number of ether oxygens (including phenoxy) is 3. The van der Waals surface area contributed by atoms with E-state index < -0.39 is 0 Å². The average molecular weight is 326 g/mol. The fourth-order valence-electron chi connectivity index (χ4n) is 1.05. The summed E-state index contributed by atoms with van der Waals surface area (Å²) in [5.74, 6) is 0.564. The van der Waals surface area contributed by atoms with Crippen molar-refractivity contribution in [2.24, 2.45) is 0 Å². The highest BCUT2D eigenvalue weighted by molar-refractivity contribution is 14.1. The molecule has 3 nitrogen and oxygen atoms in total. The molecule has 15 heavy (non-hydrogen) atoms. The van der Waals surface area contributed by atoms with Gasteiger partial charge in [-0.2, -0.15) is 0 Å². The average Bonchev–Trinajstić information content (AvgIpc) is 2.19. The second-order valence-electron chi connectivity index (χ2n) is 2.70. The van der Waals surface area contributed by atoms with Gasteiger partial charge in [-0.3, -0.25) is 0 Å². The fourth-order valence-corrected chi connectivity index (χ4v) is 1.77. The van der Waals surface area contributed by atoms with Gasteiger partial charge in [0.15, 0.2) is 18.3 Å². The fraction of sp³-hybridized carbons (Fsp3) is 0.400. The lowest BCUT2D eigenvalue weighted by Gasteiger charge is -2.12. The number of methoxy groups -OCH3 is 1. The van der Waals surface area contributed by atoms with Crippen molar-refractivity contribution in [3.8, 4) is 11.5 Å². The maximum Gasteiger partial charge on any atom is 0.188 e. The van der Waals surface area contributed by atoms with Crippen LogP contribution >= 0.6 is 22.6 Å². The van der Waals surface area contributed by atoms with E-state index in [0.29, 0.717) is 21.7 Å². The molecule has 0 unspecified atom stereocenters. The SMILES string of the molecule is CCOc1c(I)cc(F)cc1OCOC. The highest BCUT2D eigenvalue weighted by Crippen LogP contribution is 2.33. The Morgan fingerprint density at radius 2 is 2.07 bits per heavy atom. The van der Waals surface area contributed by atoms with Gasteiger partial charge in [0.05, 0.1) is 10.2 Å². The van der Waals surface area contributed by atoms with Crippen molar-refractivity contribution >= 4 is 22.6 Å². The second kappa shape index (κ2) is 6.12. The minimum atomic E-state index is -0.353. The van der Waals surface area contributed by atoms with E-state index in [9.17, 15) is 4.39 Å². The molecular weight excluding hydrogens is 314 g/mol. The lowest BCUT2D eigenvalue weighted by atomic mass is 10.3. The Balaban J connectivity index is 2.97. The van der Waals surface area contributed by atoms with Crippen molar-refractivity contribution in [2.75, 3.05) is 20.5 Å². The quantitative estimate of drug-likeness (QED) is 0.615. The Labute approximate surface area is 102 Å². The number of halogens is 2. The standard InChI is InChI=1S/C10H12FIO3/c1-3-14-10-8(12)4-7(11)5-9(10)15-6-13-2/h4-5H,3,6H2,1-2H3. The van der Waals surface area contributed by atoms with Gasteiger partial charge < -0.3 is 14.2 Å². The Kier molecular flexibility index (Phi) is 5.10. The van der Waals surface area contributed by atoms with Crippen molar-refractivity contribution < 1.29 is 18.6 Å². The molecule has 0 saturated carbocycles. The molecule has 0 aliphatic heterocycles. The molecule has 0 radical (unpaired) electrons. The van der Waals surface area contributed by atoms with Crippen LogP contribution in [0.2, 0.25) is 0 Å². The predicted molar refractivity (Wildman–Crippen MR) is 62.8 cm³/mol. The van der Waals surface area contributed by atoms with Gasteiger partial charge in [0.25, 0.3) is 0 Å². The first kappa shape index (κ1) is 12.5. The van der Waals surface area contributed by atoms with Crippen LogP contribution in [0.5, 0.6) is 11.5 Å². The summed E-state index contributed by atoms with van der Waals surface area (Å²) in [4.78, 5) is 0. The summed E-state index contributed by atoms with van der Waals surface area (Å²) >= 11 is 2.00. The van der Waals surface area contributed by atoms with Crippen molar-refractivity contribution in [3.63, 3.8) is 0 Å². The van der Waals surface area contributed by atoms with Crippen molar-refractivity contribution in [3.05, 3.63) is 21.5 Å².